The highest BCUT2D eigenvalue weighted by Gasteiger charge is 2.29. The van der Waals surface area contributed by atoms with Crippen LogP contribution in [0.4, 0.5) is 10.1 Å². The van der Waals surface area contributed by atoms with Gasteiger partial charge in [-0.2, -0.15) is 0 Å². The van der Waals surface area contributed by atoms with Crippen LogP contribution in [0.25, 0.3) is 0 Å². The van der Waals surface area contributed by atoms with Crippen molar-refractivity contribution >= 4 is 11.6 Å². The van der Waals surface area contributed by atoms with Crippen LogP contribution < -0.4 is 10.2 Å². The van der Waals surface area contributed by atoms with Gasteiger partial charge in [-0.1, -0.05) is 13.3 Å². The van der Waals surface area contributed by atoms with Gasteiger partial charge in [0.05, 0.1) is 6.04 Å². The van der Waals surface area contributed by atoms with Gasteiger partial charge < -0.3 is 10.2 Å². The monoisotopic (exact) mass is 347 g/mol. The second kappa shape index (κ2) is 8.65. The molecule has 0 unspecified atom stereocenters. The molecule has 0 bridgehead atoms. The Labute approximate surface area is 150 Å². The van der Waals surface area contributed by atoms with Crippen molar-refractivity contribution < 1.29 is 9.18 Å². The van der Waals surface area contributed by atoms with Crippen LogP contribution in [0, 0.1) is 11.7 Å². The first-order valence-electron chi connectivity index (χ1n) is 9.69. The van der Waals surface area contributed by atoms with Gasteiger partial charge in [-0.05, 0) is 69.0 Å². The second-order valence-corrected chi connectivity index (χ2v) is 7.37. The Hall–Kier alpha value is -1.62. The average Bonchev–Trinajstić information content (AvgIpc) is 3.10. The standard InChI is InChI=1S/C20H30FN3O/c1-2-11-23-12-4-3-5-19(23)20(25)22-14-16-10-13-24(15-16)18-8-6-17(21)7-9-18/h6-9,16,19H,2-5,10-15H2,1H3,(H,22,25)/t16-,19+/m1/s1. The summed E-state index contributed by atoms with van der Waals surface area (Å²) in [4.78, 5) is 17.2. The minimum atomic E-state index is -0.198. The molecule has 1 N–H and O–H groups in total. The van der Waals surface area contributed by atoms with Crippen molar-refractivity contribution in [1.82, 2.24) is 10.2 Å². The number of piperidine rings is 1. The van der Waals surface area contributed by atoms with Gasteiger partial charge in [-0.3, -0.25) is 9.69 Å². The topological polar surface area (TPSA) is 35.6 Å². The van der Waals surface area contributed by atoms with Crippen LogP contribution >= 0.6 is 0 Å². The van der Waals surface area contributed by atoms with Crippen LogP contribution in [-0.2, 0) is 4.79 Å². The Balaban J connectivity index is 1.47. The molecule has 1 aromatic rings. The van der Waals surface area contributed by atoms with Crippen molar-refractivity contribution in [1.29, 1.82) is 0 Å². The maximum absolute atomic E-state index is 13.1. The average molecular weight is 347 g/mol. The van der Waals surface area contributed by atoms with Gasteiger partial charge in [-0.15, -0.1) is 0 Å². The lowest BCUT2D eigenvalue weighted by Crippen LogP contribution is -2.50. The number of anilines is 1. The Kier molecular flexibility index (Phi) is 6.29. The van der Waals surface area contributed by atoms with E-state index >= 15 is 0 Å². The summed E-state index contributed by atoms with van der Waals surface area (Å²) >= 11 is 0. The predicted molar refractivity (Wildman–Crippen MR) is 99.2 cm³/mol. The summed E-state index contributed by atoms with van der Waals surface area (Å²) in [6, 6.07) is 6.75. The largest absolute Gasteiger partial charge is 0.371 e. The Morgan fingerprint density at radius 3 is 2.76 bits per heavy atom. The Morgan fingerprint density at radius 1 is 1.20 bits per heavy atom. The Morgan fingerprint density at radius 2 is 2.00 bits per heavy atom. The summed E-state index contributed by atoms with van der Waals surface area (Å²) < 4.78 is 13.1. The third kappa shape index (κ3) is 4.72. The van der Waals surface area contributed by atoms with E-state index in [0.29, 0.717) is 5.92 Å². The van der Waals surface area contributed by atoms with Crippen LogP contribution in [0.2, 0.25) is 0 Å². The number of carbonyl (C=O) groups excluding carboxylic acids is 1. The van der Waals surface area contributed by atoms with Crippen molar-refractivity contribution in [2.24, 2.45) is 5.92 Å². The number of likely N-dealkylation sites (tertiary alicyclic amines) is 1. The summed E-state index contributed by atoms with van der Waals surface area (Å²) in [5.41, 5.74) is 1.07. The minimum absolute atomic E-state index is 0.0586. The number of nitrogens with zero attached hydrogens (tertiary/aromatic N) is 2. The first kappa shape index (κ1) is 18.2. The van der Waals surface area contributed by atoms with Crippen molar-refractivity contribution in [2.45, 2.75) is 45.1 Å². The first-order chi connectivity index (χ1) is 12.2. The molecule has 5 heteroatoms. The van der Waals surface area contributed by atoms with Gasteiger partial charge in [-0.25, -0.2) is 4.39 Å². The predicted octanol–water partition coefficient (Wildman–Crippen LogP) is 3.03. The number of nitrogens with one attached hydrogen (secondary N) is 1. The van der Waals surface area contributed by atoms with Crippen LogP contribution in [0.1, 0.15) is 39.0 Å². The molecule has 2 fully saturated rings. The highest BCUT2D eigenvalue weighted by atomic mass is 19.1. The lowest BCUT2D eigenvalue weighted by molar-refractivity contribution is -0.127. The molecule has 2 heterocycles. The quantitative estimate of drug-likeness (QED) is 0.859. The molecule has 1 amide bonds. The Bertz CT molecular complexity index is 561. The molecular formula is C20H30FN3O. The maximum atomic E-state index is 13.1. The number of hydrogen-bond donors (Lipinski definition) is 1. The van der Waals surface area contributed by atoms with Gasteiger partial charge >= 0.3 is 0 Å². The molecule has 138 valence electrons. The van der Waals surface area contributed by atoms with E-state index in [1.807, 2.05) is 12.1 Å². The lowest BCUT2D eigenvalue weighted by Gasteiger charge is -2.34. The van der Waals surface area contributed by atoms with E-state index < -0.39 is 0 Å². The summed E-state index contributed by atoms with van der Waals surface area (Å²) in [6.07, 6.45) is 5.51. The smallest absolute Gasteiger partial charge is 0.237 e. The van der Waals surface area contributed by atoms with Gasteiger partial charge in [0.25, 0.3) is 0 Å². The van der Waals surface area contributed by atoms with Crippen molar-refractivity contribution in [2.75, 3.05) is 37.6 Å². The fraction of sp³-hybridized carbons (Fsp3) is 0.650. The zero-order chi connectivity index (χ0) is 17.6. The number of rotatable bonds is 6. The van der Waals surface area contributed by atoms with Gasteiger partial charge in [0.1, 0.15) is 5.82 Å². The molecule has 0 aromatic heterocycles. The molecule has 0 spiro atoms. The number of benzene rings is 1. The fourth-order valence-electron chi connectivity index (χ4n) is 4.09. The third-order valence-electron chi connectivity index (χ3n) is 5.47. The van der Waals surface area contributed by atoms with Gasteiger partial charge in [0, 0.05) is 25.3 Å². The third-order valence-corrected chi connectivity index (χ3v) is 5.47. The zero-order valence-corrected chi connectivity index (χ0v) is 15.2. The highest BCUT2D eigenvalue weighted by Crippen LogP contribution is 2.24. The van der Waals surface area contributed by atoms with Crippen LogP contribution in [0.3, 0.4) is 0 Å². The molecule has 2 atom stereocenters. The minimum Gasteiger partial charge on any atom is -0.371 e. The van der Waals surface area contributed by atoms with Crippen molar-refractivity contribution in [3.8, 4) is 0 Å². The molecule has 25 heavy (non-hydrogen) atoms. The highest BCUT2D eigenvalue weighted by molar-refractivity contribution is 5.81. The summed E-state index contributed by atoms with van der Waals surface area (Å²) in [6.45, 7) is 6.87. The van der Waals surface area contributed by atoms with Crippen molar-refractivity contribution in [3.63, 3.8) is 0 Å². The summed E-state index contributed by atoms with van der Waals surface area (Å²) in [5.74, 6) is 0.474. The molecule has 3 rings (SSSR count). The van der Waals surface area contributed by atoms with E-state index in [4.69, 9.17) is 0 Å². The summed E-state index contributed by atoms with van der Waals surface area (Å²) in [5, 5.41) is 3.20. The van der Waals surface area contributed by atoms with Crippen LogP contribution in [0.5, 0.6) is 0 Å². The number of halogens is 1. The van der Waals surface area contributed by atoms with Crippen molar-refractivity contribution in [3.05, 3.63) is 30.1 Å². The van der Waals surface area contributed by atoms with Gasteiger partial charge in [0.2, 0.25) is 5.91 Å². The molecule has 4 nitrogen and oxygen atoms in total. The molecule has 1 aromatic carbocycles. The molecule has 2 aliphatic rings. The summed E-state index contributed by atoms with van der Waals surface area (Å²) in [7, 11) is 0. The van der Waals surface area contributed by atoms with Crippen LogP contribution in [-0.4, -0.2) is 49.6 Å². The van der Waals surface area contributed by atoms with E-state index in [0.717, 1.165) is 64.1 Å². The fourth-order valence-corrected chi connectivity index (χ4v) is 4.09. The molecule has 0 saturated carbocycles. The molecular weight excluding hydrogens is 317 g/mol. The van der Waals surface area contributed by atoms with E-state index in [1.54, 1.807) is 0 Å². The SMILES string of the molecule is CCCN1CCCC[C@H]1C(=O)NC[C@H]1CCN(c2ccc(F)cc2)C1. The maximum Gasteiger partial charge on any atom is 0.237 e. The molecule has 2 saturated heterocycles. The zero-order valence-electron chi connectivity index (χ0n) is 15.2. The van der Waals surface area contributed by atoms with E-state index in [9.17, 15) is 9.18 Å². The number of amides is 1. The first-order valence-corrected chi connectivity index (χ1v) is 9.69. The normalized spacial score (nSPS) is 24.5. The molecule has 2 aliphatic heterocycles. The second-order valence-electron chi connectivity index (χ2n) is 7.37. The van der Waals surface area contributed by atoms with Gasteiger partial charge in [0.15, 0.2) is 0 Å². The molecule has 0 radical (unpaired) electrons. The van der Waals surface area contributed by atoms with E-state index in [2.05, 4.69) is 22.0 Å². The number of hydrogen-bond acceptors (Lipinski definition) is 3. The number of carbonyl (C=O) groups is 1. The van der Waals surface area contributed by atoms with E-state index in [1.165, 1.54) is 18.6 Å². The van der Waals surface area contributed by atoms with E-state index in [-0.39, 0.29) is 17.8 Å². The van der Waals surface area contributed by atoms with Crippen LogP contribution in [0.15, 0.2) is 24.3 Å². The molecule has 0 aliphatic carbocycles. The lowest BCUT2D eigenvalue weighted by atomic mass is 10.0.